The molecule has 0 heterocycles. The molecule has 0 radical (unpaired) electrons. The molecule has 0 aromatic carbocycles. The number of rotatable bonds is 1. The molecule has 2 heteroatoms. The van der Waals surface area contributed by atoms with Crippen LogP contribution in [-0.2, 0) is 4.74 Å². The molecule has 60 valence electrons. The van der Waals surface area contributed by atoms with Crippen molar-refractivity contribution in [2.75, 3.05) is 7.11 Å². The van der Waals surface area contributed by atoms with Crippen LogP contribution in [0, 0.1) is 0 Å². The molecule has 0 atom stereocenters. The average molecular weight is 143 g/mol. The molecule has 1 fully saturated rings. The van der Waals surface area contributed by atoms with Crippen molar-refractivity contribution in [2.45, 2.75) is 44.2 Å². The van der Waals surface area contributed by atoms with Gasteiger partial charge in [0.2, 0.25) is 0 Å². The number of methoxy groups -OCH3 is 1. The van der Waals surface area contributed by atoms with E-state index in [1.54, 1.807) is 7.11 Å². The number of hydrogen-bond donors (Lipinski definition) is 1. The fourth-order valence-corrected chi connectivity index (χ4v) is 1.49. The van der Waals surface area contributed by atoms with Crippen LogP contribution < -0.4 is 5.73 Å². The molecular weight excluding hydrogens is 126 g/mol. The topological polar surface area (TPSA) is 35.2 Å². The van der Waals surface area contributed by atoms with Crippen LogP contribution in [0.3, 0.4) is 0 Å². The van der Waals surface area contributed by atoms with E-state index in [9.17, 15) is 0 Å². The zero-order valence-electron chi connectivity index (χ0n) is 6.89. The van der Waals surface area contributed by atoms with Crippen molar-refractivity contribution in [3.63, 3.8) is 0 Å². The molecule has 0 saturated heterocycles. The third-order valence-electron chi connectivity index (χ3n) is 2.41. The van der Waals surface area contributed by atoms with E-state index in [0.29, 0.717) is 6.10 Å². The van der Waals surface area contributed by atoms with Gasteiger partial charge >= 0.3 is 0 Å². The van der Waals surface area contributed by atoms with Crippen molar-refractivity contribution < 1.29 is 4.74 Å². The van der Waals surface area contributed by atoms with E-state index in [2.05, 4.69) is 6.92 Å². The van der Waals surface area contributed by atoms with Gasteiger partial charge in [0.1, 0.15) is 0 Å². The second kappa shape index (κ2) is 2.89. The van der Waals surface area contributed by atoms with Gasteiger partial charge in [0.15, 0.2) is 0 Å². The van der Waals surface area contributed by atoms with E-state index in [-0.39, 0.29) is 5.54 Å². The average Bonchev–Trinajstić information content (AvgIpc) is 1.88. The van der Waals surface area contributed by atoms with Gasteiger partial charge in [0, 0.05) is 12.6 Å². The first-order valence-corrected chi connectivity index (χ1v) is 3.96. The van der Waals surface area contributed by atoms with E-state index in [0.717, 1.165) is 25.7 Å². The largest absolute Gasteiger partial charge is 0.381 e. The van der Waals surface area contributed by atoms with Crippen molar-refractivity contribution in [3.8, 4) is 0 Å². The lowest BCUT2D eigenvalue weighted by molar-refractivity contribution is 0.0531. The van der Waals surface area contributed by atoms with Crippen LogP contribution in [0.5, 0.6) is 0 Å². The number of nitrogens with two attached hydrogens (primary N) is 1. The maximum Gasteiger partial charge on any atom is 0.0572 e. The lowest BCUT2D eigenvalue weighted by Crippen LogP contribution is -2.41. The van der Waals surface area contributed by atoms with Crippen LogP contribution in [-0.4, -0.2) is 18.8 Å². The zero-order valence-corrected chi connectivity index (χ0v) is 6.89. The van der Waals surface area contributed by atoms with Crippen LogP contribution in [0.15, 0.2) is 0 Å². The highest BCUT2D eigenvalue weighted by molar-refractivity contribution is 4.85. The molecule has 1 rings (SSSR count). The monoisotopic (exact) mass is 143 g/mol. The van der Waals surface area contributed by atoms with Gasteiger partial charge in [-0.25, -0.2) is 0 Å². The summed E-state index contributed by atoms with van der Waals surface area (Å²) in [5.74, 6) is 0. The van der Waals surface area contributed by atoms with E-state index in [1.807, 2.05) is 0 Å². The molecule has 10 heavy (non-hydrogen) atoms. The van der Waals surface area contributed by atoms with Gasteiger partial charge in [0.25, 0.3) is 0 Å². The Balaban J connectivity index is 2.31. The fraction of sp³-hybridized carbons (Fsp3) is 1.00. The summed E-state index contributed by atoms with van der Waals surface area (Å²) in [7, 11) is 1.78. The van der Waals surface area contributed by atoms with Gasteiger partial charge in [0.05, 0.1) is 6.10 Å². The Bertz CT molecular complexity index is 102. The molecule has 2 N–H and O–H groups in total. The molecule has 0 aromatic heterocycles. The summed E-state index contributed by atoms with van der Waals surface area (Å²) in [4.78, 5) is 0. The third kappa shape index (κ3) is 1.96. The normalized spacial score (nSPS) is 41.7. The molecule has 0 amide bonds. The minimum atomic E-state index is 0.0784. The summed E-state index contributed by atoms with van der Waals surface area (Å²) in [6.07, 6.45) is 4.93. The Morgan fingerprint density at radius 3 is 2.30 bits per heavy atom. The van der Waals surface area contributed by atoms with Crippen LogP contribution in [0.1, 0.15) is 32.6 Å². The van der Waals surface area contributed by atoms with E-state index in [1.165, 1.54) is 0 Å². The molecule has 1 aliphatic carbocycles. The number of ether oxygens (including phenoxy) is 1. The highest BCUT2D eigenvalue weighted by Crippen LogP contribution is 2.26. The minimum absolute atomic E-state index is 0.0784. The van der Waals surface area contributed by atoms with Crippen molar-refractivity contribution in [1.82, 2.24) is 0 Å². The van der Waals surface area contributed by atoms with Crippen LogP contribution >= 0.6 is 0 Å². The summed E-state index contributed by atoms with van der Waals surface area (Å²) in [6.45, 7) is 2.12. The smallest absolute Gasteiger partial charge is 0.0572 e. The van der Waals surface area contributed by atoms with E-state index < -0.39 is 0 Å². The lowest BCUT2D eigenvalue weighted by atomic mass is 9.83. The first kappa shape index (κ1) is 8.02. The van der Waals surface area contributed by atoms with Crippen molar-refractivity contribution >= 4 is 0 Å². The minimum Gasteiger partial charge on any atom is -0.381 e. The highest BCUT2D eigenvalue weighted by atomic mass is 16.5. The Morgan fingerprint density at radius 1 is 1.40 bits per heavy atom. The number of hydrogen-bond acceptors (Lipinski definition) is 2. The van der Waals surface area contributed by atoms with Gasteiger partial charge < -0.3 is 10.5 Å². The molecule has 0 unspecified atom stereocenters. The molecule has 0 bridgehead atoms. The highest BCUT2D eigenvalue weighted by Gasteiger charge is 2.26. The summed E-state index contributed by atoms with van der Waals surface area (Å²) in [5, 5.41) is 0. The molecule has 2 nitrogen and oxygen atoms in total. The van der Waals surface area contributed by atoms with Gasteiger partial charge in [-0.05, 0) is 32.6 Å². The summed E-state index contributed by atoms with van der Waals surface area (Å²) in [6, 6.07) is 0. The van der Waals surface area contributed by atoms with Crippen LogP contribution in [0.25, 0.3) is 0 Å². The SMILES string of the molecule is CO[C@H]1CC[C@@](C)(N)CC1. The van der Waals surface area contributed by atoms with Crippen LogP contribution in [0.2, 0.25) is 0 Å². The van der Waals surface area contributed by atoms with Gasteiger partial charge in [-0.1, -0.05) is 0 Å². The lowest BCUT2D eigenvalue weighted by Gasteiger charge is -2.33. The second-order valence-corrected chi connectivity index (χ2v) is 3.59. The van der Waals surface area contributed by atoms with Crippen molar-refractivity contribution in [2.24, 2.45) is 5.73 Å². The summed E-state index contributed by atoms with van der Waals surface area (Å²) < 4.78 is 5.23. The predicted octanol–water partition coefficient (Wildman–Crippen LogP) is 1.29. The maximum absolute atomic E-state index is 5.94. The quantitative estimate of drug-likeness (QED) is 0.600. The Morgan fingerprint density at radius 2 is 1.90 bits per heavy atom. The molecule has 0 aliphatic heterocycles. The Kier molecular flexibility index (Phi) is 2.32. The molecule has 1 aliphatic rings. The first-order chi connectivity index (χ1) is 4.64. The van der Waals surface area contributed by atoms with Crippen molar-refractivity contribution in [3.05, 3.63) is 0 Å². The van der Waals surface area contributed by atoms with Crippen molar-refractivity contribution in [1.29, 1.82) is 0 Å². The third-order valence-corrected chi connectivity index (χ3v) is 2.41. The van der Waals surface area contributed by atoms with Crippen LogP contribution in [0.4, 0.5) is 0 Å². The van der Waals surface area contributed by atoms with Gasteiger partial charge in [-0.15, -0.1) is 0 Å². The second-order valence-electron chi connectivity index (χ2n) is 3.59. The Labute approximate surface area is 62.7 Å². The molecular formula is C8H17NO. The maximum atomic E-state index is 5.94. The van der Waals surface area contributed by atoms with Gasteiger partial charge in [-0.3, -0.25) is 0 Å². The summed E-state index contributed by atoms with van der Waals surface area (Å²) >= 11 is 0. The van der Waals surface area contributed by atoms with Gasteiger partial charge in [-0.2, -0.15) is 0 Å². The molecule has 1 saturated carbocycles. The van der Waals surface area contributed by atoms with E-state index >= 15 is 0 Å². The zero-order chi connectivity index (χ0) is 7.61. The summed E-state index contributed by atoms with van der Waals surface area (Å²) in [5.41, 5.74) is 6.02. The standard InChI is InChI=1S/C8H17NO/c1-8(9)5-3-7(10-2)4-6-8/h7H,3-6,9H2,1-2H3/t7-,8+. The Hall–Kier alpha value is -0.0800. The first-order valence-electron chi connectivity index (χ1n) is 3.96. The van der Waals surface area contributed by atoms with E-state index in [4.69, 9.17) is 10.5 Å². The molecule has 0 aromatic rings. The molecule has 0 spiro atoms. The fourth-order valence-electron chi connectivity index (χ4n) is 1.49. The predicted molar refractivity (Wildman–Crippen MR) is 41.9 cm³/mol.